The van der Waals surface area contributed by atoms with E-state index in [1.807, 2.05) is 34.0 Å². The van der Waals surface area contributed by atoms with Gasteiger partial charge in [0.15, 0.2) is 0 Å². The number of nitrogens with zero attached hydrogens (tertiary/aromatic N) is 6. The average molecular weight is 1310 g/mol. The molecule has 0 N–H and O–H groups in total. The third-order valence-corrected chi connectivity index (χ3v) is 17.1. The molecule has 3 fully saturated rings. The number of benzene rings is 6. The Kier molecular flexibility index (Phi) is 18.8. The molecule has 6 heterocycles. The van der Waals surface area contributed by atoms with E-state index >= 15 is 0 Å². The van der Waals surface area contributed by atoms with Crippen molar-refractivity contribution in [3.63, 3.8) is 0 Å². The van der Waals surface area contributed by atoms with Gasteiger partial charge in [0.25, 0.3) is 0 Å². The zero-order valence-electron chi connectivity index (χ0n) is 40.8. The second kappa shape index (κ2) is 24.1. The first-order valence-electron chi connectivity index (χ1n) is 24.5. The predicted molar refractivity (Wildman–Crippen MR) is 284 cm³/mol. The maximum Gasteiger partial charge on any atom is 0.201 e. The molecule has 0 unspecified atom stereocenters. The van der Waals surface area contributed by atoms with Crippen molar-refractivity contribution in [1.82, 2.24) is 28.7 Å². The summed E-state index contributed by atoms with van der Waals surface area (Å²) in [5.74, 6) is 0. The summed E-state index contributed by atoms with van der Waals surface area (Å²) in [6.07, 6.45) is 11.0. The zero-order valence-corrected chi connectivity index (χ0v) is 49.7. The lowest BCUT2D eigenvalue weighted by atomic mass is 10.1. The fraction of sp³-hybridized carbons (Fsp3) is 0.368. The Morgan fingerprint density at radius 1 is 0.391 bits per heavy atom. The fourth-order valence-electron chi connectivity index (χ4n) is 10.1. The number of para-hydroxylation sites is 3. The third kappa shape index (κ3) is 11.5. The minimum absolute atomic E-state index is 0. The molecule has 9 aliphatic rings. The number of aromatic nitrogens is 3. The van der Waals surface area contributed by atoms with Crippen LogP contribution in [0.4, 0.5) is 0 Å². The largest absolute Gasteiger partial charge is 1.00 e. The lowest BCUT2D eigenvalue weighted by Gasteiger charge is -2.11. The van der Waals surface area contributed by atoms with E-state index in [9.17, 15) is 0 Å². The molecule has 0 spiro atoms. The second-order valence-corrected chi connectivity index (χ2v) is 21.7. The topological polar surface area (TPSA) is 47.7 Å². The van der Waals surface area contributed by atoms with Crippen molar-refractivity contribution in [3.8, 4) is 31.7 Å². The smallest absolute Gasteiger partial charge is 0.201 e. The summed E-state index contributed by atoms with van der Waals surface area (Å²) in [6.45, 7) is 20.3. The number of hydrogen-bond acceptors (Lipinski definition) is 6. The van der Waals surface area contributed by atoms with Gasteiger partial charge in [0.1, 0.15) is 39.3 Å². The summed E-state index contributed by atoms with van der Waals surface area (Å²) in [7, 11) is 0. The van der Waals surface area contributed by atoms with Crippen molar-refractivity contribution >= 4 is 64.7 Å². The van der Waals surface area contributed by atoms with E-state index in [2.05, 4.69) is 146 Å². The van der Waals surface area contributed by atoms with Crippen molar-refractivity contribution in [2.45, 2.75) is 99.3 Å². The van der Waals surface area contributed by atoms with Gasteiger partial charge < -0.3 is 71.9 Å². The molecule has 0 saturated carbocycles. The van der Waals surface area contributed by atoms with Gasteiger partial charge in [-0.25, -0.2) is 28.7 Å². The molecule has 12 heteroatoms. The first-order chi connectivity index (χ1) is 32.3. The van der Waals surface area contributed by atoms with Crippen LogP contribution in [0.5, 0.6) is 0 Å². The standard InChI is InChI=1S/3C19H21N2S.3HI/c3*1-3-14-11-15(21-9-4-5-10-21)12-17-19(14)20-18-13(2)7-6-8-16(18)22-17;;;/h3*6-8,11-12H,3-5,9-10H2,1-2H3;3*1H/q3*+1;;;/p-3. The summed E-state index contributed by atoms with van der Waals surface area (Å²) in [5.41, 5.74) is 15.0. The number of fused-ring (bicyclic) bond motifs is 6. The molecule has 0 bridgehead atoms. The number of rotatable bonds is 3. The van der Waals surface area contributed by atoms with Crippen LogP contribution in [0.2, 0.25) is 0 Å². The van der Waals surface area contributed by atoms with Gasteiger partial charge >= 0.3 is 0 Å². The van der Waals surface area contributed by atoms with Crippen molar-refractivity contribution < 1.29 is 71.9 Å². The first-order valence-corrected chi connectivity index (χ1v) is 27.0. The SMILES string of the molecule is CCc1cc(=[N+]2CCCC2)cc2sc3cccc(C)c3nc1-2.CCc1cc(=[N+]2CCCC2)cc2sc3cccc(C)c3nc1-2.CCc1cc(=[N+]2CCCC2)cc2sc3cccc(C)c3nc1-2.[I-].[I-].[I-]. The monoisotopic (exact) mass is 1310 g/mol. The Morgan fingerprint density at radius 2 is 0.652 bits per heavy atom. The van der Waals surface area contributed by atoms with Gasteiger partial charge in [-0.3, -0.25) is 0 Å². The fourth-order valence-corrected chi connectivity index (χ4v) is 13.5. The molecule has 3 saturated heterocycles. The molecule has 0 atom stereocenters. The van der Waals surface area contributed by atoms with E-state index in [0.717, 1.165) is 35.8 Å². The van der Waals surface area contributed by atoms with E-state index in [0.29, 0.717) is 0 Å². The molecule has 360 valence electrons. The van der Waals surface area contributed by atoms with Gasteiger partial charge in [0, 0.05) is 74.9 Å². The van der Waals surface area contributed by atoms with Gasteiger partial charge in [-0.1, -0.05) is 57.2 Å². The third-order valence-electron chi connectivity index (χ3n) is 13.9. The summed E-state index contributed by atoms with van der Waals surface area (Å²) in [4.78, 5) is 19.0. The molecule has 0 radical (unpaired) electrons. The van der Waals surface area contributed by atoms with E-state index in [4.69, 9.17) is 15.0 Å². The lowest BCUT2D eigenvalue weighted by Crippen LogP contribution is -3.00. The van der Waals surface area contributed by atoms with Gasteiger partial charge in [0.2, 0.25) is 16.1 Å². The summed E-state index contributed by atoms with van der Waals surface area (Å²) in [5, 5.41) is 4.14. The maximum atomic E-state index is 5.01. The number of aryl methyl sites for hydroxylation is 6. The van der Waals surface area contributed by atoms with Crippen molar-refractivity contribution in [2.24, 2.45) is 0 Å². The van der Waals surface area contributed by atoms with Crippen LogP contribution in [0.25, 0.3) is 62.4 Å². The number of hydrogen-bond donors (Lipinski definition) is 0. The zero-order chi connectivity index (χ0) is 45.3. The molecule has 6 aliphatic heterocycles. The van der Waals surface area contributed by atoms with Crippen molar-refractivity contribution in [3.05, 3.63) is 140 Å². The summed E-state index contributed by atoms with van der Waals surface area (Å²) < 4.78 is 11.4. The van der Waals surface area contributed by atoms with Crippen LogP contribution >= 0.6 is 34.0 Å². The molecule has 3 aliphatic carbocycles. The number of halogens is 3. The van der Waals surface area contributed by atoms with E-state index in [1.54, 1.807) is 0 Å². The molecular weight excluding hydrogens is 1250 g/mol. The van der Waals surface area contributed by atoms with Crippen LogP contribution in [0.3, 0.4) is 0 Å². The summed E-state index contributed by atoms with van der Waals surface area (Å²) >= 11 is 5.64. The van der Waals surface area contributed by atoms with Crippen LogP contribution in [0.1, 0.15) is 92.7 Å². The molecule has 0 aromatic heterocycles. The van der Waals surface area contributed by atoms with Gasteiger partial charge in [0.05, 0.1) is 62.4 Å². The van der Waals surface area contributed by atoms with Crippen molar-refractivity contribution in [2.75, 3.05) is 39.3 Å². The van der Waals surface area contributed by atoms with Gasteiger partial charge in [-0.05, 0) is 91.6 Å². The van der Waals surface area contributed by atoms with Gasteiger partial charge in [-0.2, -0.15) is 0 Å². The Labute approximate surface area is 471 Å². The first kappa shape index (κ1) is 53.8. The quantitative estimate of drug-likeness (QED) is 0.156. The van der Waals surface area contributed by atoms with E-state index < -0.39 is 0 Å². The molecule has 6 nitrogen and oxygen atoms in total. The minimum Gasteiger partial charge on any atom is -1.00 e. The molecule has 3 aromatic carbocycles. The second-order valence-electron chi connectivity index (χ2n) is 18.4. The normalized spacial score (nSPS) is 14.4. The lowest BCUT2D eigenvalue weighted by molar-refractivity contribution is -0.00100. The average Bonchev–Trinajstić information content (AvgIpc) is 4.19. The van der Waals surface area contributed by atoms with Crippen LogP contribution in [0.15, 0.2) is 91.0 Å². The highest BCUT2D eigenvalue weighted by atomic mass is 127. The maximum absolute atomic E-state index is 5.01. The molecule has 12 rings (SSSR count). The van der Waals surface area contributed by atoms with E-state index in [-0.39, 0.29) is 71.9 Å². The Hall–Kier alpha value is -3.03. The molecule has 69 heavy (non-hydrogen) atoms. The molecule has 3 aromatic rings. The Morgan fingerprint density at radius 3 is 0.899 bits per heavy atom. The highest BCUT2D eigenvalue weighted by Gasteiger charge is 2.22. The molecular formula is C57H63I3N6S3. The van der Waals surface area contributed by atoms with Crippen LogP contribution in [-0.4, -0.2) is 54.2 Å². The predicted octanol–water partition coefficient (Wildman–Crippen LogP) is 2.53. The Balaban J connectivity index is 0.000000150. The Bertz CT molecular complexity index is 3030. The minimum atomic E-state index is 0. The summed E-state index contributed by atoms with van der Waals surface area (Å²) in [6, 6.07) is 33.5. The van der Waals surface area contributed by atoms with E-state index in [1.165, 1.54) is 173 Å². The highest BCUT2D eigenvalue weighted by Crippen LogP contribution is 2.36. The van der Waals surface area contributed by atoms with Gasteiger partial charge in [-0.15, -0.1) is 34.0 Å². The highest BCUT2D eigenvalue weighted by molar-refractivity contribution is 7.22. The van der Waals surface area contributed by atoms with Crippen LogP contribution < -0.4 is 102 Å². The molecule has 0 amide bonds. The van der Waals surface area contributed by atoms with Crippen LogP contribution in [0, 0.1) is 20.8 Å². The van der Waals surface area contributed by atoms with Crippen molar-refractivity contribution in [1.29, 1.82) is 0 Å². The van der Waals surface area contributed by atoms with Crippen LogP contribution in [-0.2, 0) is 19.3 Å².